The van der Waals surface area contributed by atoms with Crippen molar-refractivity contribution in [2.45, 2.75) is 19.0 Å². The highest BCUT2D eigenvalue weighted by Gasteiger charge is 2.27. The van der Waals surface area contributed by atoms with Gasteiger partial charge in [0.1, 0.15) is 6.54 Å². The Morgan fingerprint density at radius 2 is 1.88 bits per heavy atom. The minimum atomic E-state index is -4.42. The fraction of sp³-hybridized carbons (Fsp3) is 0.750. The molecule has 0 radical (unpaired) electrons. The van der Waals surface area contributed by atoms with E-state index in [1.165, 1.54) is 0 Å². The maximum absolute atomic E-state index is 11.6. The Bertz CT molecular complexity index is 243. The Morgan fingerprint density at radius 3 is 2.38 bits per heavy atom. The van der Waals surface area contributed by atoms with Gasteiger partial charge in [0.15, 0.2) is 0 Å². The van der Waals surface area contributed by atoms with Gasteiger partial charge in [0, 0.05) is 6.42 Å². The third kappa shape index (κ3) is 10.8. The molecule has 0 fully saturated rings. The van der Waals surface area contributed by atoms with Gasteiger partial charge in [-0.15, -0.1) is 0 Å². The number of halogens is 3. The summed E-state index contributed by atoms with van der Waals surface area (Å²) in [5, 5.41) is 12.5. The van der Waals surface area contributed by atoms with Crippen LogP contribution in [0, 0.1) is 0 Å². The van der Waals surface area contributed by atoms with Crippen molar-refractivity contribution in [3.63, 3.8) is 0 Å². The van der Waals surface area contributed by atoms with Crippen molar-refractivity contribution in [1.82, 2.24) is 10.6 Å². The number of hydrogen-bond donors (Lipinski definition) is 3. The zero-order valence-electron chi connectivity index (χ0n) is 8.43. The highest BCUT2D eigenvalue weighted by molar-refractivity contribution is 5.78. The van der Waals surface area contributed by atoms with E-state index in [9.17, 15) is 22.8 Å². The number of hydrogen-bond acceptors (Lipinski definition) is 3. The van der Waals surface area contributed by atoms with Crippen LogP contribution in [0.25, 0.3) is 0 Å². The molecule has 0 rings (SSSR count). The van der Waals surface area contributed by atoms with Crippen molar-refractivity contribution in [3.05, 3.63) is 0 Å². The van der Waals surface area contributed by atoms with Crippen LogP contribution < -0.4 is 10.6 Å². The second kappa shape index (κ2) is 7.04. The molecule has 0 atom stereocenters. The topological polar surface area (TPSA) is 78.4 Å². The van der Waals surface area contributed by atoms with Crippen molar-refractivity contribution < 1.29 is 27.9 Å². The average molecular weight is 242 g/mol. The maximum atomic E-state index is 11.6. The number of carbonyl (C=O) groups is 2. The van der Waals surface area contributed by atoms with Gasteiger partial charge >= 0.3 is 12.1 Å². The third-order valence-corrected chi connectivity index (χ3v) is 1.52. The molecule has 0 saturated carbocycles. The van der Waals surface area contributed by atoms with Gasteiger partial charge in [-0.3, -0.25) is 9.59 Å². The first kappa shape index (κ1) is 14.7. The largest absolute Gasteiger partial charge is 0.481 e. The number of rotatable bonds is 7. The van der Waals surface area contributed by atoms with Crippen LogP contribution in [-0.2, 0) is 9.59 Å². The predicted molar refractivity (Wildman–Crippen MR) is 48.8 cm³/mol. The lowest BCUT2D eigenvalue weighted by atomic mass is 10.3. The van der Waals surface area contributed by atoms with E-state index in [-0.39, 0.29) is 19.5 Å². The van der Waals surface area contributed by atoms with E-state index < -0.39 is 24.6 Å². The summed E-state index contributed by atoms with van der Waals surface area (Å²) in [6, 6.07) is 0. The van der Waals surface area contributed by atoms with Gasteiger partial charge in [-0.25, -0.2) is 0 Å². The zero-order valence-corrected chi connectivity index (χ0v) is 8.43. The van der Waals surface area contributed by atoms with Crippen molar-refractivity contribution in [2.24, 2.45) is 0 Å². The number of amides is 1. The summed E-state index contributed by atoms with van der Waals surface area (Å²) in [5.41, 5.74) is 0. The fourth-order valence-corrected chi connectivity index (χ4v) is 0.828. The Hall–Kier alpha value is -1.31. The van der Waals surface area contributed by atoms with Crippen molar-refractivity contribution >= 4 is 11.9 Å². The number of carbonyl (C=O) groups excluding carboxylic acids is 1. The smallest absolute Gasteiger partial charge is 0.405 e. The maximum Gasteiger partial charge on any atom is 0.405 e. The molecular weight excluding hydrogens is 229 g/mol. The second-order valence-electron chi connectivity index (χ2n) is 3.07. The lowest BCUT2D eigenvalue weighted by Crippen LogP contribution is -2.39. The first-order valence-corrected chi connectivity index (χ1v) is 4.57. The van der Waals surface area contributed by atoms with Crippen LogP contribution in [0.5, 0.6) is 0 Å². The van der Waals surface area contributed by atoms with E-state index in [2.05, 4.69) is 5.32 Å². The molecule has 0 aromatic carbocycles. The van der Waals surface area contributed by atoms with E-state index in [1.54, 1.807) is 5.32 Å². The van der Waals surface area contributed by atoms with E-state index in [0.717, 1.165) is 0 Å². The molecular formula is C8H13F3N2O3. The molecule has 0 saturated heterocycles. The minimum Gasteiger partial charge on any atom is -0.481 e. The first-order valence-electron chi connectivity index (χ1n) is 4.57. The third-order valence-electron chi connectivity index (χ3n) is 1.52. The first-order chi connectivity index (χ1) is 7.31. The summed E-state index contributed by atoms with van der Waals surface area (Å²) in [7, 11) is 0. The lowest BCUT2D eigenvalue weighted by Gasteiger charge is -2.08. The predicted octanol–water partition coefficient (Wildman–Crippen LogP) is 0.119. The molecule has 94 valence electrons. The van der Waals surface area contributed by atoms with Crippen LogP contribution in [0.15, 0.2) is 0 Å². The Kier molecular flexibility index (Phi) is 6.47. The number of carboxylic acids is 1. The molecule has 8 heteroatoms. The number of carboxylic acid groups (broad SMARTS) is 1. The molecule has 5 nitrogen and oxygen atoms in total. The van der Waals surface area contributed by atoms with E-state index >= 15 is 0 Å². The Morgan fingerprint density at radius 1 is 1.25 bits per heavy atom. The molecule has 0 aliphatic heterocycles. The van der Waals surface area contributed by atoms with Crippen molar-refractivity contribution in [1.29, 1.82) is 0 Å². The fourth-order valence-electron chi connectivity index (χ4n) is 0.828. The Labute approximate surface area is 90.0 Å². The van der Waals surface area contributed by atoms with Crippen LogP contribution in [0.3, 0.4) is 0 Å². The summed E-state index contributed by atoms with van der Waals surface area (Å²) < 4.78 is 34.9. The molecule has 0 bridgehead atoms. The molecule has 16 heavy (non-hydrogen) atoms. The summed E-state index contributed by atoms with van der Waals surface area (Å²) >= 11 is 0. The molecule has 0 aromatic rings. The van der Waals surface area contributed by atoms with Crippen LogP contribution >= 0.6 is 0 Å². The van der Waals surface area contributed by atoms with E-state index in [4.69, 9.17) is 5.11 Å². The summed E-state index contributed by atoms with van der Waals surface area (Å²) in [6.45, 7) is -1.34. The van der Waals surface area contributed by atoms with Gasteiger partial charge in [0.2, 0.25) is 5.91 Å². The Balaban J connectivity index is 3.41. The summed E-state index contributed by atoms with van der Waals surface area (Å²) in [5.74, 6) is -1.73. The molecule has 1 amide bonds. The number of alkyl halides is 3. The van der Waals surface area contributed by atoms with Gasteiger partial charge in [0.05, 0.1) is 6.54 Å². The second-order valence-corrected chi connectivity index (χ2v) is 3.07. The van der Waals surface area contributed by atoms with Crippen molar-refractivity contribution in [3.8, 4) is 0 Å². The van der Waals surface area contributed by atoms with Crippen LogP contribution in [0.4, 0.5) is 13.2 Å². The average Bonchev–Trinajstić information content (AvgIpc) is 2.12. The van der Waals surface area contributed by atoms with Gasteiger partial charge in [-0.2, -0.15) is 13.2 Å². The number of aliphatic carboxylic acids is 1. The van der Waals surface area contributed by atoms with E-state index in [1.807, 2.05) is 0 Å². The lowest BCUT2D eigenvalue weighted by molar-refractivity contribution is -0.138. The van der Waals surface area contributed by atoms with Crippen LogP contribution in [0.2, 0.25) is 0 Å². The normalized spacial score (nSPS) is 11.2. The SMILES string of the molecule is O=C(O)CCCNCC(=O)NCC(F)(F)F. The summed E-state index contributed by atoms with van der Waals surface area (Å²) in [4.78, 5) is 20.9. The summed E-state index contributed by atoms with van der Waals surface area (Å²) in [6.07, 6.45) is -4.14. The minimum absolute atomic E-state index is 0.0445. The van der Waals surface area contributed by atoms with E-state index in [0.29, 0.717) is 6.42 Å². The molecule has 0 aliphatic rings. The highest BCUT2D eigenvalue weighted by atomic mass is 19.4. The monoisotopic (exact) mass is 242 g/mol. The van der Waals surface area contributed by atoms with Gasteiger partial charge in [0.25, 0.3) is 0 Å². The molecule has 0 spiro atoms. The molecule has 0 heterocycles. The highest BCUT2D eigenvalue weighted by Crippen LogP contribution is 2.11. The zero-order chi connectivity index (χ0) is 12.6. The standard InChI is InChI=1S/C8H13F3N2O3/c9-8(10,11)5-13-6(14)4-12-3-1-2-7(15)16/h12H,1-5H2,(H,13,14)(H,15,16). The van der Waals surface area contributed by atoms with Gasteiger partial charge in [-0.1, -0.05) is 0 Å². The van der Waals surface area contributed by atoms with Crippen molar-refractivity contribution in [2.75, 3.05) is 19.6 Å². The van der Waals surface area contributed by atoms with Crippen LogP contribution in [-0.4, -0.2) is 42.8 Å². The van der Waals surface area contributed by atoms with Crippen LogP contribution in [0.1, 0.15) is 12.8 Å². The molecule has 3 N–H and O–H groups in total. The quantitative estimate of drug-likeness (QED) is 0.554. The molecule has 0 aromatic heterocycles. The van der Waals surface area contributed by atoms with Gasteiger partial charge in [-0.05, 0) is 13.0 Å². The number of nitrogens with one attached hydrogen (secondary N) is 2. The molecule has 0 aliphatic carbocycles. The van der Waals surface area contributed by atoms with Gasteiger partial charge < -0.3 is 15.7 Å². The molecule has 0 unspecified atom stereocenters.